The first-order chi connectivity index (χ1) is 11.9. The van der Waals surface area contributed by atoms with Gasteiger partial charge in [-0.25, -0.2) is 4.79 Å². The summed E-state index contributed by atoms with van der Waals surface area (Å²) >= 11 is 2.12. The summed E-state index contributed by atoms with van der Waals surface area (Å²) in [6.45, 7) is 9.49. The van der Waals surface area contributed by atoms with Gasteiger partial charge in [-0.05, 0) is 73.5 Å². The van der Waals surface area contributed by atoms with Crippen molar-refractivity contribution < 1.29 is 21.8 Å². The van der Waals surface area contributed by atoms with Crippen LogP contribution in [-0.2, 0) is 20.7 Å². The number of halogens is 2. The molecule has 0 unspecified atom stereocenters. The lowest BCUT2D eigenvalue weighted by molar-refractivity contribution is 0.0240. The molecule has 0 N–H and O–H groups in total. The third kappa shape index (κ3) is 5.97. The number of benzene rings is 1. The monoisotopic (exact) mass is 498 g/mol. The number of carbonyl (C=O) groups excluding carboxylic acids is 1. The molecule has 1 aromatic carbocycles. The Hall–Kier alpha value is -1.10. The third-order valence-electron chi connectivity index (χ3n) is 4.06. The lowest BCUT2D eigenvalue weighted by Gasteiger charge is -2.37. The van der Waals surface area contributed by atoms with E-state index < -0.39 is 21.6 Å². The molecule has 1 amide bonds. The second-order valence-electron chi connectivity index (χ2n) is 7.35. The van der Waals surface area contributed by atoms with E-state index in [-0.39, 0.29) is 6.09 Å². The number of ether oxygens (including phenoxy) is 1. The molecule has 0 saturated carbocycles. The summed E-state index contributed by atoms with van der Waals surface area (Å²) < 4.78 is 41.5. The molecule has 1 aromatic rings. The van der Waals surface area contributed by atoms with Crippen LogP contribution in [0.1, 0.15) is 31.9 Å². The van der Waals surface area contributed by atoms with E-state index in [1.807, 2.05) is 26.8 Å². The maximum atomic E-state index is 13.1. The van der Waals surface area contributed by atoms with Crippen LogP contribution in [0.4, 0.5) is 14.4 Å². The van der Waals surface area contributed by atoms with Crippen molar-refractivity contribution in [2.75, 3.05) is 31.1 Å². The predicted octanol–water partition coefficient (Wildman–Crippen LogP) is 3.46. The maximum absolute atomic E-state index is 13.1. The largest absolute Gasteiger partial charge is 0.444 e. The van der Waals surface area contributed by atoms with Gasteiger partial charge in [0.05, 0.1) is 0 Å². The molecule has 6 nitrogen and oxygen atoms in total. The first kappa shape index (κ1) is 21.2. The van der Waals surface area contributed by atoms with E-state index in [0.29, 0.717) is 31.7 Å². The molecule has 146 valence electrons. The van der Waals surface area contributed by atoms with Gasteiger partial charge in [0.15, 0.2) is 0 Å². The van der Waals surface area contributed by atoms with E-state index in [0.717, 1.165) is 14.8 Å². The molecule has 26 heavy (non-hydrogen) atoms. The molecule has 2 rings (SSSR count). The molecular formula is C17H24FIN2O4S. The van der Waals surface area contributed by atoms with Crippen LogP contribution < -0.4 is 4.90 Å². The van der Waals surface area contributed by atoms with Gasteiger partial charge in [0.1, 0.15) is 11.4 Å². The van der Waals surface area contributed by atoms with Crippen LogP contribution in [0.25, 0.3) is 0 Å². The first-order valence-electron chi connectivity index (χ1n) is 8.30. The number of hydrogen-bond donors (Lipinski definition) is 0. The molecule has 1 aliphatic heterocycles. The van der Waals surface area contributed by atoms with Gasteiger partial charge in [0, 0.05) is 35.4 Å². The smallest absolute Gasteiger partial charge is 0.410 e. The Kier molecular flexibility index (Phi) is 6.42. The van der Waals surface area contributed by atoms with E-state index in [1.165, 1.54) is 0 Å². The molecule has 0 aromatic heterocycles. The molecule has 0 aliphatic carbocycles. The van der Waals surface area contributed by atoms with Gasteiger partial charge in [0.2, 0.25) is 0 Å². The maximum Gasteiger partial charge on any atom is 0.410 e. The molecule has 0 bridgehead atoms. The SMILES string of the molecule is Cc1c(I)cc(N2CCN(C(=O)OC(C)(C)C)CC2)cc1CS(=O)(=O)F. The lowest BCUT2D eigenvalue weighted by Crippen LogP contribution is -2.50. The molecule has 0 atom stereocenters. The van der Waals surface area contributed by atoms with Gasteiger partial charge in [-0.1, -0.05) is 0 Å². The van der Waals surface area contributed by atoms with Crippen LogP contribution in [0.3, 0.4) is 0 Å². The highest BCUT2D eigenvalue weighted by Crippen LogP contribution is 2.27. The number of piperazine rings is 1. The Morgan fingerprint density at radius 3 is 2.31 bits per heavy atom. The summed E-state index contributed by atoms with van der Waals surface area (Å²) in [7, 11) is -4.59. The molecule has 1 saturated heterocycles. The van der Waals surface area contributed by atoms with Crippen molar-refractivity contribution in [1.82, 2.24) is 4.90 Å². The van der Waals surface area contributed by atoms with Crippen LogP contribution in [0.2, 0.25) is 0 Å². The average Bonchev–Trinajstić information content (AvgIpc) is 2.49. The van der Waals surface area contributed by atoms with Crippen molar-refractivity contribution in [3.63, 3.8) is 0 Å². The minimum atomic E-state index is -4.59. The van der Waals surface area contributed by atoms with Crippen LogP contribution >= 0.6 is 22.6 Å². The Labute approximate surface area is 168 Å². The van der Waals surface area contributed by atoms with E-state index >= 15 is 0 Å². The summed E-state index contributed by atoms with van der Waals surface area (Å²) in [5.74, 6) is -0.624. The number of rotatable bonds is 3. The topological polar surface area (TPSA) is 66.9 Å². The van der Waals surface area contributed by atoms with Crippen molar-refractivity contribution in [2.45, 2.75) is 39.0 Å². The Morgan fingerprint density at radius 1 is 1.23 bits per heavy atom. The summed E-state index contributed by atoms with van der Waals surface area (Å²) in [5.41, 5.74) is 1.53. The Balaban J connectivity index is 2.11. The zero-order valence-electron chi connectivity index (χ0n) is 15.4. The molecule has 0 spiro atoms. The Morgan fingerprint density at radius 2 is 1.81 bits per heavy atom. The van der Waals surface area contributed by atoms with Crippen LogP contribution in [0.5, 0.6) is 0 Å². The quantitative estimate of drug-likeness (QED) is 0.472. The van der Waals surface area contributed by atoms with Gasteiger partial charge in [0.25, 0.3) is 0 Å². The summed E-state index contributed by atoms with van der Waals surface area (Å²) in [6.07, 6.45) is -0.333. The summed E-state index contributed by atoms with van der Waals surface area (Å²) in [6, 6.07) is 3.67. The minimum absolute atomic E-state index is 0.333. The average molecular weight is 498 g/mol. The second kappa shape index (κ2) is 7.87. The predicted molar refractivity (Wildman–Crippen MR) is 108 cm³/mol. The van der Waals surface area contributed by atoms with Gasteiger partial charge in [-0.15, -0.1) is 3.89 Å². The van der Waals surface area contributed by atoms with E-state index in [4.69, 9.17) is 4.74 Å². The summed E-state index contributed by atoms with van der Waals surface area (Å²) in [4.78, 5) is 15.9. The number of anilines is 1. The van der Waals surface area contributed by atoms with Gasteiger partial charge in [-0.3, -0.25) is 0 Å². The molecule has 9 heteroatoms. The highest BCUT2D eigenvalue weighted by molar-refractivity contribution is 14.1. The van der Waals surface area contributed by atoms with Crippen LogP contribution in [-0.4, -0.2) is 51.2 Å². The Bertz CT molecular complexity index is 785. The van der Waals surface area contributed by atoms with Crippen LogP contribution in [0.15, 0.2) is 12.1 Å². The third-order valence-corrected chi connectivity index (χ3v) is 5.84. The minimum Gasteiger partial charge on any atom is -0.444 e. The second-order valence-corrected chi connectivity index (χ2v) is 9.88. The van der Waals surface area contributed by atoms with Crippen molar-refractivity contribution in [1.29, 1.82) is 0 Å². The molecule has 1 aliphatic rings. The van der Waals surface area contributed by atoms with Crippen molar-refractivity contribution in [3.05, 3.63) is 26.8 Å². The molecule has 1 heterocycles. The van der Waals surface area contributed by atoms with Crippen molar-refractivity contribution in [3.8, 4) is 0 Å². The fourth-order valence-electron chi connectivity index (χ4n) is 2.71. The highest BCUT2D eigenvalue weighted by atomic mass is 127. The van der Waals surface area contributed by atoms with Crippen molar-refractivity contribution >= 4 is 44.6 Å². The highest BCUT2D eigenvalue weighted by Gasteiger charge is 2.26. The molecule has 0 radical (unpaired) electrons. The van der Waals surface area contributed by atoms with E-state index in [1.54, 1.807) is 17.9 Å². The van der Waals surface area contributed by atoms with Gasteiger partial charge >= 0.3 is 16.3 Å². The fraction of sp³-hybridized carbons (Fsp3) is 0.588. The van der Waals surface area contributed by atoms with E-state index in [2.05, 4.69) is 27.5 Å². The standard InChI is InChI=1S/C17H24FIN2O4S/c1-12-13(11-26(18,23)24)9-14(10-15(12)19)20-5-7-21(8-6-20)16(22)25-17(2,3)4/h9-10H,5-8,11H2,1-4H3. The number of hydrogen-bond acceptors (Lipinski definition) is 5. The van der Waals surface area contributed by atoms with E-state index in [9.17, 15) is 17.1 Å². The molecular weight excluding hydrogens is 474 g/mol. The first-order valence-corrected chi connectivity index (χ1v) is 10.9. The summed E-state index contributed by atoms with van der Waals surface area (Å²) in [5, 5.41) is 0. The zero-order chi connectivity index (χ0) is 19.7. The lowest BCUT2D eigenvalue weighted by atomic mass is 10.1. The zero-order valence-corrected chi connectivity index (χ0v) is 18.4. The normalized spacial score (nSPS) is 15.9. The number of carbonyl (C=O) groups is 1. The number of amides is 1. The van der Waals surface area contributed by atoms with Gasteiger partial charge < -0.3 is 14.5 Å². The van der Waals surface area contributed by atoms with Crippen molar-refractivity contribution in [2.24, 2.45) is 0 Å². The van der Waals surface area contributed by atoms with Crippen LogP contribution in [0, 0.1) is 10.5 Å². The number of nitrogens with zero attached hydrogens (tertiary/aromatic N) is 2. The molecule has 1 fully saturated rings. The fourth-order valence-corrected chi connectivity index (χ4v) is 4.05. The van der Waals surface area contributed by atoms with Gasteiger partial charge in [-0.2, -0.15) is 8.42 Å².